The van der Waals surface area contributed by atoms with Crippen molar-refractivity contribution in [1.29, 1.82) is 5.26 Å². The summed E-state index contributed by atoms with van der Waals surface area (Å²) in [6.45, 7) is 0.220. The highest BCUT2D eigenvalue weighted by molar-refractivity contribution is 5.76. The van der Waals surface area contributed by atoms with Gasteiger partial charge in [-0.05, 0) is 17.7 Å². The molecule has 17 heavy (non-hydrogen) atoms. The molecular weight excluding hydrogens is 220 g/mol. The van der Waals surface area contributed by atoms with Gasteiger partial charge < -0.3 is 19.6 Å². The highest BCUT2D eigenvalue weighted by Gasteiger charge is 2.17. The maximum absolute atomic E-state index is 9.00. The van der Waals surface area contributed by atoms with Crippen LogP contribution < -0.4 is 15.2 Å². The largest absolute Gasteiger partial charge is 0.454 e. The fourth-order valence-electron chi connectivity index (χ4n) is 1.76. The molecule has 0 saturated heterocycles. The van der Waals surface area contributed by atoms with Crippen LogP contribution in [-0.4, -0.2) is 6.79 Å². The second kappa shape index (κ2) is 3.46. The SMILES string of the molecule is N#Cc1c(-c2ccc3c(c2)OCO3)coc1N. The Kier molecular flexibility index (Phi) is 1.95. The van der Waals surface area contributed by atoms with Gasteiger partial charge in [0.05, 0.1) is 0 Å². The Labute approximate surface area is 97.0 Å². The molecule has 0 amide bonds. The van der Waals surface area contributed by atoms with Crippen LogP contribution in [0.15, 0.2) is 28.9 Å². The van der Waals surface area contributed by atoms with E-state index in [9.17, 15) is 0 Å². The summed E-state index contributed by atoms with van der Waals surface area (Å²) in [7, 11) is 0. The quantitative estimate of drug-likeness (QED) is 0.808. The van der Waals surface area contributed by atoms with Gasteiger partial charge >= 0.3 is 0 Å². The predicted octanol–water partition coefficient (Wildman–Crippen LogP) is 2.13. The zero-order valence-electron chi connectivity index (χ0n) is 8.77. The van der Waals surface area contributed by atoms with Gasteiger partial charge in [-0.2, -0.15) is 5.26 Å². The Balaban J connectivity index is 2.13. The third-order valence-corrected chi connectivity index (χ3v) is 2.61. The molecule has 5 heteroatoms. The number of nitrogens with two attached hydrogens (primary N) is 1. The first-order valence-electron chi connectivity index (χ1n) is 4.96. The van der Waals surface area contributed by atoms with E-state index in [1.165, 1.54) is 6.26 Å². The van der Waals surface area contributed by atoms with E-state index in [4.69, 9.17) is 24.9 Å². The summed E-state index contributed by atoms with van der Waals surface area (Å²) >= 11 is 0. The van der Waals surface area contributed by atoms with E-state index in [-0.39, 0.29) is 12.7 Å². The second-order valence-corrected chi connectivity index (χ2v) is 3.57. The third-order valence-electron chi connectivity index (χ3n) is 2.61. The van der Waals surface area contributed by atoms with Gasteiger partial charge in [0.15, 0.2) is 11.5 Å². The van der Waals surface area contributed by atoms with Crippen molar-refractivity contribution in [2.24, 2.45) is 0 Å². The number of nitriles is 1. The smallest absolute Gasteiger partial charge is 0.231 e. The third kappa shape index (κ3) is 1.39. The van der Waals surface area contributed by atoms with Crippen LogP contribution in [0.2, 0.25) is 0 Å². The minimum atomic E-state index is 0.125. The Bertz CT molecular complexity index is 625. The van der Waals surface area contributed by atoms with Crippen molar-refractivity contribution in [2.45, 2.75) is 0 Å². The standard InChI is InChI=1S/C12H8N2O3/c13-4-8-9(5-15-12(8)14)7-1-2-10-11(3-7)17-6-16-10/h1-3,5H,6,14H2. The fourth-order valence-corrected chi connectivity index (χ4v) is 1.76. The molecule has 2 N–H and O–H groups in total. The normalized spacial score (nSPS) is 12.4. The Hall–Kier alpha value is -2.61. The number of fused-ring (bicyclic) bond motifs is 1. The first kappa shape index (κ1) is 9.60. The van der Waals surface area contributed by atoms with Crippen LogP contribution in [-0.2, 0) is 0 Å². The summed E-state index contributed by atoms with van der Waals surface area (Å²) in [5.74, 6) is 1.48. The molecule has 0 spiro atoms. The van der Waals surface area contributed by atoms with Crippen molar-refractivity contribution in [3.05, 3.63) is 30.0 Å². The zero-order chi connectivity index (χ0) is 11.8. The van der Waals surface area contributed by atoms with Crippen molar-refractivity contribution < 1.29 is 13.9 Å². The summed E-state index contributed by atoms with van der Waals surface area (Å²) in [4.78, 5) is 0. The summed E-state index contributed by atoms with van der Waals surface area (Å²) in [5.41, 5.74) is 7.36. The molecule has 0 atom stereocenters. The lowest BCUT2D eigenvalue weighted by atomic mass is 10.0. The summed E-state index contributed by atoms with van der Waals surface area (Å²) in [5, 5.41) is 9.00. The lowest BCUT2D eigenvalue weighted by molar-refractivity contribution is 0.174. The maximum Gasteiger partial charge on any atom is 0.231 e. The van der Waals surface area contributed by atoms with Crippen molar-refractivity contribution >= 4 is 5.88 Å². The molecule has 2 aromatic rings. The molecular formula is C12H8N2O3. The summed E-state index contributed by atoms with van der Waals surface area (Å²) < 4.78 is 15.5. The molecule has 5 nitrogen and oxygen atoms in total. The summed E-state index contributed by atoms with van der Waals surface area (Å²) in [6, 6.07) is 7.44. The van der Waals surface area contributed by atoms with Crippen molar-refractivity contribution in [1.82, 2.24) is 0 Å². The van der Waals surface area contributed by atoms with Crippen molar-refractivity contribution in [3.63, 3.8) is 0 Å². The van der Waals surface area contributed by atoms with Gasteiger partial charge in [-0.3, -0.25) is 0 Å². The highest BCUT2D eigenvalue weighted by Crippen LogP contribution is 2.38. The van der Waals surface area contributed by atoms with Crippen molar-refractivity contribution in [2.75, 3.05) is 12.5 Å². The molecule has 0 unspecified atom stereocenters. The molecule has 0 saturated carbocycles. The van der Waals surface area contributed by atoms with Crippen LogP contribution in [0.1, 0.15) is 5.56 Å². The number of furan rings is 1. The number of nitrogens with zero attached hydrogens (tertiary/aromatic N) is 1. The average molecular weight is 228 g/mol. The van der Waals surface area contributed by atoms with Crippen LogP contribution in [0.4, 0.5) is 5.88 Å². The average Bonchev–Trinajstić information content (AvgIpc) is 2.93. The topological polar surface area (TPSA) is 81.4 Å². The van der Waals surface area contributed by atoms with Gasteiger partial charge in [-0.1, -0.05) is 6.07 Å². The number of anilines is 1. The lowest BCUT2D eigenvalue weighted by Gasteiger charge is -2.00. The minimum absolute atomic E-state index is 0.125. The second-order valence-electron chi connectivity index (χ2n) is 3.57. The number of hydrogen-bond acceptors (Lipinski definition) is 5. The lowest BCUT2D eigenvalue weighted by Crippen LogP contribution is -1.92. The van der Waals surface area contributed by atoms with Gasteiger partial charge in [0, 0.05) is 5.56 Å². The molecule has 1 aliphatic heterocycles. The van der Waals surface area contributed by atoms with E-state index in [1.807, 2.05) is 12.1 Å². The number of hydrogen-bond donors (Lipinski definition) is 1. The zero-order valence-corrected chi connectivity index (χ0v) is 8.77. The minimum Gasteiger partial charge on any atom is -0.454 e. The van der Waals surface area contributed by atoms with Crippen LogP contribution in [0.5, 0.6) is 11.5 Å². The highest BCUT2D eigenvalue weighted by atomic mass is 16.7. The molecule has 2 heterocycles. The number of benzene rings is 1. The molecule has 1 aliphatic rings. The van der Waals surface area contributed by atoms with Gasteiger partial charge in [0.2, 0.25) is 12.7 Å². The van der Waals surface area contributed by atoms with Gasteiger partial charge in [-0.15, -0.1) is 0 Å². The molecule has 1 aromatic heterocycles. The Morgan fingerprint density at radius 2 is 2.06 bits per heavy atom. The summed E-state index contributed by atoms with van der Waals surface area (Å²) in [6.07, 6.45) is 1.46. The predicted molar refractivity (Wildman–Crippen MR) is 59.4 cm³/mol. The van der Waals surface area contributed by atoms with Crippen LogP contribution in [0.3, 0.4) is 0 Å². The van der Waals surface area contributed by atoms with Crippen LogP contribution in [0, 0.1) is 11.3 Å². The van der Waals surface area contributed by atoms with Gasteiger partial charge in [0.25, 0.3) is 0 Å². The number of rotatable bonds is 1. The fraction of sp³-hybridized carbons (Fsp3) is 0.0833. The first-order valence-corrected chi connectivity index (χ1v) is 4.96. The molecule has 84 valence electrons. The maximum atomic E-state index is 9.00. The van der Waals surface area contributed by atoms with Crippen LogP contribution in [0.25, 0.3) is 11.1 Å². The van der Waals surface area contributed by atoms with E-state index in [2.05, 4.69) is 0 Å². The van der Waals surface area contributed by atoms with E-state index >= 15 is 0 Å². The molecule has 1 aromatic carbocycles. The Morgan fingerprint density at radius 3 is 2.88 bits per heavy atom. The van der Waals surface area contributed by atoms with Gasteiger partial charge in [0.1, 0.15) is 17.9 Å². The van der Waals surface area contributed by atoms with Crippen LogP contribution >= 0.6 is 0 Å². The number of ether oxygens (including phenoxy) is 2. The van der Waals surface area contributed by atoms with E-state index in [0.29, 0.717) is 22.6 Å². The molecule has 0 fully saturated rings. The molecule has 0 aliphatic carbocycles. The van der Waals surface area contributed by atoms with E-state index < -0.39 is 0 Å². The molecule has 0 radical (unpaired) electrons. The Morgan fingerprint density at radius 1 is 1.24 bits per heavy atom. The van der Waals surface area contributed by atoms with E-state index in [1.54, 1.807) is 12.1 Å². The molecule has 0 bridgehead atoms. The van der Waals surface area contributed by atoms with Crippen molar-refractivity contribution in [3.8, 4) is 28.7 Å². The van der Waals surface area contributed by atoms with E-state index in [0.717, 1.165) is 5.56 Å². The molecule has 3 rings (SSSR count). The van der Waals surface area contributed by atoms with Gasteiger partial charge in [-0.25, -0.2) is 0 Å². The monoisotopic (exact) mass is 228 g/mol. The number of nitrogen functional groups attached to an aromatic ring is 1. The first-order chi connectivity index (χ1) is 8.29.